The van der Waals surface area contributed by atoms with Gasteiger partial charge >= 0.3 is 0 Å². The van der Waals surface area contributed by atoms with E-state index in [0.717, 1.165) is 10.4 Å². The first-order valence-corrected chi connectivity index (χ1v) is 10.8. The minimum absolute atomic E-state index is 0.000615. The largest absolute Gasteiger partial charge is 0.507 e. The molecule has 3 rings (SSSR count). The summed E-state index contributed by atoms with van der Waals surface area (Å²) in [6.07, 6.45) is -0.000615. The van der Waals surface area contributed by atoms with Gasteiger partial charge in [0.25, 0.3) is 11.7 Å². The van der Waals surface area contributed by atoms with Crippen molar-refractivity contribution in [3.63, 3.8) is 0 Å². The number of likely N-dealkylation sites (tertiary alicyclic amines) is 1. The van der Waals surface area contributed by atoms with E-state index >= 15 is 0 Å². The Labute approximate surface area is 184 Å². The molecule has 30 heavy (non-hydrogen) atoms. The third-order valence-electron chi connectivity index (χ3n) is 4.90. The Morgan fingerprint density at radius 1 is 1.30 bits per heavy atom. The molecule has 1 aliphatic heterocycles. The number of benzene rings is 1. The molecule has 0 spiro atoms. The Morgan fingerprint density at radius 2 is 2.03 bits per heavy atom. The molecule has 8 heteroatoms. The standard InChI is InChI=1S/C22H24ClNO5S/c1-12(2)29-9-8-24-18(21-13(3)7-10-30-21)17(20(26)22(24)27)19(25)15-11-14(28-4)5-6-16(15)23/h5-7,10-12,18,25H,8-9H2,1-4H3/b19-17+. The summed E-state index contributed by atoms with van der Waals surface area (Å²) in [7, 11) is 1.50. The monoisotopic (exact) mass is 449 g/mol. The first-order chi connectivity index (χ1) is 14.3. The fourth-order valence-corrected chi connectivity index (χ4v) is 4.65. The molecular formula is C22H24ClNO5S. The molecule has 1 saturated heterocycles. The van der Waals surface area contributed by atoms with Gasteiger partial charge in [0.15, 0.2) is 0 Å². The molecule has 1 unspecified atom stereocenters. The van der Waals surface area contributed by atoms with Gasteiger partial charge in [0, 0.05) is 17.0 Å². The van der Waals surface area contributed by atoms with Crippen LogP contribution in [0.3, 0.4) is 0 Å². The zero-order chi connectivity index (χ0) is 22.0. The number of aryl methyl sites for hydroxylation is 1. The first-order valence-electron chi connectivity index (χ1n) is 9.54. The molecule has 1 N–H and O–H groups in total. The summed E-state index contributed by atoms with van der Waals surface area (Å²) in [5, 5.41) is 13.3. The molecule has 0 aliphatic carbocycles. The molecule has 1 aliphatic rings. The number of halogens is 1. The fourth-order valence-electron chi connectivity index (χ4n) is 3.39. The first kappa shape index (κ1) is 22.3. The number of thiophene rings is 1. The lowest BCUT2D eigenvalue weighted by Crippen LogP contribution is -2.33. The molecule has 1 aromatic carbocycles. The SMILES string of the molecule is COc1ccc(Cl)c(/C(O)=C2\C(=O)C(=O)N(CCOC(C)C)C2c2sccc2C)c1. The Hall–Kier alpha value is -2.35. The summed E-state index contributed by atoms with van der Waals surface area (Å²) < 4.78 is 10.8. The predicted molar refractivity (Wildman–Crippen MR) is 117 cm³/mol. The molecule has 6 nitrogen and oxygen atoms in total. The van der Waals surface area contributed by atoms with Gasteiger partial charge in [-0.05, 0) is 56.0 Å². The average Bonchev–Trinajstić information content (AvgIpc) is 3.23. The quantitative estimate of drug-likeness (QED) is 0.381. The number of amides is 1. The van der Waals surface area contributed by atoms with Crippen molar-refractivity contribution >= 4 is 40.4 Å². The molecule has 1 amide bonds. The summed E-state index contributed by atoms with van der Waals surface area (Å²) >= 11 is 7.73. The van der Waals surface area contributed by atoms with Crippen LogP contribution in [0, 0.1) is 6.92 Å². The van der Waals surface area contributed by atoms with Gasteiger partial charge in [-0.25, -0.2) is 0 Å². The highest BCUT2D eigenvalue weighted by atomic mass is 35.5. The second kappa shape index (κ2) is 9.20. The molecule has 160 valence electrons. The summed E-state index contributed by atoms with van der Waals surface area (Å²) in [5.41, 5.74) is 1.20. The van der Waals surface area contributed by atoms with Gasteiger partial charge in [-0.1, -0.05) is 11.6 Å². The second-order valence-electron chi connectivity index (χ2n) is 7.23. The summed E-state index contributed by atoms with van der Waals surface area (Å²) in [6, 6.07) is 5.99. The van der Waals surface area contributed by atoms with E-state index in [9.17, 15) is 14.7 Å². The van der Waals surface area contributed by atoms with Gasteiger partial charge in [0.05, 0.1) is 36.5 Å². The normalized spacial score (nSPS) is 18.5. The fraction of sp³-hybridized carbons (Fsp3) is 0.364. The van der Waals surface area contributed by atoms with E-state index in [1.165, 1.54) is 23.3 Å². The summed E-state index contributed by atoms with van der Waals surface area (Å²) in [5.74, 6) is -1.25. The van der Waals surface area contributed by atoms with Crippen molar-refractivity contribution in [2.24, 2.45) is 0 Å². The van der Waals surface area contributed by atoms with Crippen LogP contribution >= 0.6 is 22.9 Å². The van der Waals surface area contributed by atoms with Crippen molar-refractivity contribution in [2.45, 2.75) is 32.9 Å². The Kier molecular flexibility index (Phi) is 6.85. The number of aliphatic hydroxyl groups is 1. The summed E-state index contributed by atoms with van der Waals surface area (Å²) in [4.78, 5) is 28.1. The molecule has 1 fully saturated rings. The van der Waals surface area contributed by atoms with Crippen molar-refractivity contribution < 1.29 is 24.2 Å². The highest BCUT2D eigenvalue weighted by Crippen LogP contribution is 2.43. The average molecular weight is 450 g/mol. The van der Waals surface area contributed by atoms with Crippen LogP contribution in [0.1, 0.15) is 35.9 Å². The maximum atomic E-state index is 13.0. The lowest BCUT2D eigenvalue weighted by atomic mass is 9.98. The van der Waals surface area contributed by atoms with Crippen LogP contribution < -0.4 is 4.74 Å². The van der Waals surface area contributed by atoms with Gasteiger partial charge < -0.3 is 19.5 Å². The summed E-state index contributed by atoms with van der Waals surface area (Å²) in [6.45, 7) is 6.23. The lowest BCUT2D eigenvalue weighted by molar-refractivity contribution is -0.140. The number of carbonyl (C=O) groups is 2. The maximum Gasteiger partial charge on any atom is 0.295 e. The van der Waals surface area contributed by atoms with E-state index in [1.54, 1.807) is 18.2 Å². The van der Waals surface area contributed by atoms with Crippen molar-refractivity contribution in [2.75, 3.05) is 20.3 Å². The number of methoxy groups -OCH3 is 1. The number of Topliss-reactive ketones (excluding diaryl/α,β-unsaturated/α-hetero) is 1. The van der Waals surface area contributed by atoms with Crippen molar-refractivity contribution in [1.82, 2.24) is 4.90 Å². The lowest BCUT2D eigenvalue weighted by Gasteiger charge is -2.25. The van der Waals surface area contributed by atoms with E-state index in [4.69, 9.17) is 21.1 Å². The molecule has 2 aromatic rings. The van der Waals surface area contributed by atoms with Crippen LogP contribution in [0.2, 0.25) is 5.02 Å². The third kappa shape index (κ3) is 4.24. The molecule has 0 saturated carbocycles. The van der Waals surface area contributed by atoms with E-state index in [-0.39, 0.29) is 41.2 Å². The predicted octanol–water partition coefficient (Wildman–Crippen LogP) is 4.57. The van der Waals surface area contributed by atoms with Crippen molar-refractivity contribution in [3.05, 3.63) is 56.2 Å². The van der Waals surface area contributed by atoms with E-state index < -0.39 is 17.7 Å². The van der Waals surface area contributed by atoms with Crippen LogP contribution in [-0.2, 0) is 14.3 Å². The van der Waals surface area contributed by atoms with Gasteiger partial charge in [-0.2, -0.15) is 0 Å². The Balaban J connectivity index is 2.13. The Morgan fingerprint density at radius 3 is 2.63 bits per heavy atom. The molecule has 2 heterocycles. The Bertz CT molecular complexity index is 997. The number of nitrogens with zero attached hydrogens (tertiary/aromatic N) is 1. The minimum Gasteiger partial charge on any atom is -0.507 e. The van der Waals surface area contributed by atoms with Gasteiger partial charge in [0.2, 0.25) is 0 Å². The molecule has 1 aromatic heterocycles. The molecule has 0 radical (unpaired) electrons. The zero-order valence-corrected chi connectivity index (χ0v) is 18.8. The minimum atomic E-state index is -0.742. The number of hydrogen-bond donors (Lipinski definition) is 1. The zero-order valence-electron chi connectivity index (χ0n) is 17.3. The van der Waals surface area contributed by atoms with Crippen molar-refractivity contribution in [3.8, 4) is 5.75 Å². The van der Waals surface area contributed by atoms with Gasteiger partial charge in [-0.15, -0.1) is 11.3 Å². The number of rotatable bonds is 7. The van der Waals surface area contributed by atoms with Gasteiger partial charge in [0.1, 0.15) is 11.5 Å². The molecule has 1 atom stereocenters. The topological polar surface area (TPSA) is 76.1 Å². The van der Waals surface area contributed by atoms with Gasteiger partial charge in [-0.3, -0.25) is 9.59 Å². The highest BCUT2D eigenvalue weighted by Gasteiger charge is 2.47. The number of aliphatic hydroxyl groups excluding tert-OH is 1. The van der Waals surface area contributed by atoms with Crippen LogP contribution in [0.15, 0.2) is 35.2 Å². The van der Waals surface area contributed by atoms with Crippen LogP contribution in [-0.4, -0.2) is 48.1 Å². The van der Waals surface area contributed by atoms with Crippen molar-refractivity contribution in [1.29, 1.82) is 0 Å². The number of ketones is 1. The van der Waals surface area contributed by atoms with Crippen LogP contribution in [0.5, 0.6) is 5.75 Å². The molecular weight excluding hydrogens is 426 g/mol. The van der Waals surface area contributed by atoms with E-state index in [0.29, 0.717) is 5.75 Å². The van der Waals surface area contributed by atoms with Crippen LogP contribution in [0.25, 0.3) is 5.76 Å². The maximum absolute atomic E-state index is 13.0. The van der Waals surface area contributed by atoms with E-state index in [1.807, 2.05) is 32.2 Å². The third-order valence-corrected chi connectivity index (χ3v) is 6.30. The number of hydrogen-bond acceptors (Lipinski definition) is 6. The van der Waals surface area contributed by atoms with E-state index in [2.05, 4.69) is 0 Å². The number of carbonyl (C=O) groups excluding carboxylic acids is 2. The molecule has 0 bridgehead atoms. The second-order valence-corrected chi connectivity index (χ2v) is 8.58. The van der Waals surface area contributed by atoms with Crippen LogP contribution in [0.4, 0.5) is 0 Å². The number of ether oxygens (including phenoxy) is 2. The highest BCUT2D eigenvalue weighted by molar-refractivity contribution is 7.10. The smallest absolute Gasteiger partial charge is 0.295 e.